The van der Waals surface area contributed by atoms with E-state index in [1.54, 1.807) is 11.8 Å². The summed E-state index contributed by atoms with van der Waals surface area (Å²) in [7, 11) is 0. The summed E-state index contributed by atoms with van der Waals surface area (Å²) in [5.41, 5.74) is 0. The van der Waals surface area contributed by atoms with E-state index in [2.05, 4.69) is 10.6 Å². The van der Waals surface area contributed by atoms with E-state index in [0.29, 0.717) is 17.6 Å². The predicted octanol–water partition coefficient (Wildman–Crippen LogP) is 0.605. The van der Waals surface area contributed by atoms with Gasteiger partial charge in [-0.3, -0.25) is 4.79 Å². The quantitative estimate of drug-likeness (QED) is 0.686. The second kappa shape index (κ2) is 6.78. The van der Waals surface area contributed by atoms with E-state index in [9.17, 15) is 9.90 Å². The number of amides is 1. The summed E-state index contributed by atoms with van der Waals surface area (Å²) in [6.45, 7) is 2.10. The van der Waals surface area contributed by atoms with Crippen molar-refractivity contribution in [1.29, 1.82) is 0 Å². The molecular formula is C13H24N2O2S. The van der Waals surface area contributed by atoms with E-state index in [4.69, 9.17) is 0 Å². The molecular weight excluding hydrogens is 248 g/mol. The molecule has 2 aliphatic rings. The summed E-state index contributed by atoms with van der Waals surface area (Å²) >= 11 is 1.56. The topological polar surface area (TPSA) is 61.4 Å². The molecule has 1 aliphatic carbocycles. The molecule has 3 N–H and O–H groups in total. The van der Waals surface area contributed by atoms with Crippen molar-refractivity contribution in [1.82, 2.24) is 10.6 Å². The molecule has 1 unspecified atom stereocenters. The molecule has 0 radical (unpaired) electrons. The van der Waals surface area contributed by atoms with Crippen LogP contribution < -0.4 is 10.6 Å². The highest BCUT2D eigenvalue weighted by atomic mass is 32.2. The van der Waals surface area contributed by atoms with Gasteiger partial charge < -0.3 is 15.7 Å². The summed E-state index contributed by atoms with van der Waals surface area (Å²) in [5.74, 6) is 1.74. The van der Waals surface area contributed by atoms with Crippen LogP contribution in [0.4, 0.5) is 0 Å². The third kappa shape index (κ3) is 3.62. The summed E-state index contributed by atoms with van der Waals surface area (Å²) in [6.07, 6.45) is 5.79. The number of piperidine rings is 1. The second-order valence-electron chi connectivity index (χ2n) is 5.50. The largest absolute Gasteiger partial charge is 0.393 e. The fourth-order valence-corrected chi connectivity index (χ4v) is 3.45. The molecule has 18 heavy (non-hydrogen) atoms. The fraction of sp³-hybridized carbons (Fsp3) is 0.923. The maximum atomic E-state index is 11.8. The lowest BCUT2D eigenvalue weighted by molar-refractivity contribution is -0.121. The first-order valence-electron chi connectivity index (χ1n) is 6.87. The molecule has 4 nitrogen and oxygen atoms in total. The van der Waals surface area contributed by atoms with Crippen molar-refractivity contribution in [3.05, 3.63) is 0 Å². The molecule has 0 aromatic rings. The lowest BCUT2D eigenvalue weighted by atomic mass is 9.71. The number of carbonyl (C=O) groups excluding carboxylic acids is 1. The van der Waals surface area contributed by atoms with Crippen LogP contribution in [-0.4, -0.2) is 48.3 Å². The van der Waals surface area contributed by atoms with Gasteiger partial charge in [-0.2, -0.15) is 11.8 Å². The van der Waals surface area contributed by atoms with Gasteiger partial charge in [-0.15, -0.1) is 0 Å². The van der Waals surface area contributed by atoms with Crippen molar-refractivity contribution in [3.63, 3.8) is 0 Å². The van der Waals surface area contributed by atoms with Crippen LogP contribution in [0.1, 0.15) is 25.7 Å². The number of rotatable bonds is 5. The summed E-state index contributed by atoms with van der Waals surface area (Å²) in [5, 5.41) is 16.1. The van der Waals surface area contributed by atoms with E-state index in [1.165, 1.54) is 0 Å². The molecule has 0 aromatic heterocycles. The van der Waals surface area contributed by atoms with Crippen LogP contribution in [0.2, 0.25) is 0 Å². The third-order valence-electron chi connectivity index (χ3n) is 4.15. The molecule has 0 spiro atoms. The molecule has 2 rings (SSSR count). The van der Waals surface area contributed by atoms with Crippen LogP contribution in [0.15, 0.2) is 0 Å². The Morgan fingerprint density at radius 3 is 2.61 bits per heavy atom. The fourth-order valence-electron chi connectivity index (χ4n) is 3.11. The molecule has 104 valence electrons. The Kier molecular flexibility index (Phi) is 5.33. The lowest BCUT2D eigenvalue weighted by Crippen LogP contribution is -2.53. The first kappa shape index (κ1) is 14.2. The van der Waals surface area contributed by atoms with Crippen LogP contribution in [-0.2, 0) is 4.79 Å². The minimum Gasteiger partial charge on any atom is -0.393 e. The Bertz CT molecular complexity index is 276. The van der Waals surface area contributed by atoms with Crippen LogP contribution in [0.5, 0.6) is 0 Å². The molecule has 1 saturated heterocycles. The Labute approximate surface area is 113 Å². The Hall–Kier alpha value is -0.260. The second-order valence-corrected chi connectivity index (χ2v) is 6.37. The molecule has 0 aromatic carbocycles. The number of hydrogen-bond donors (Lipinski definition) is 3. The van der Waals surface area contributed by atoms with Gasteiger partial charge >= 0.3 is 0 Å². The predicted molar refractivity (Wildman–Crippen MR) is 74.6 cm³/mol. The molecule has 2 fully saturated rings. The minimum absolute atomic E-state index is 0.142. The van der Waals surface area contributed by atoms with E-state index >= 15 is 0 Å². The van der Waals surface area contributed by atoms with Gasteiger partial charge in [0.25, 0.3) is 0 Å². The maximum Gasteiger partial charge on any atom is 0.230 e. The number of aliphatic hydroxyl groups excluding tert-OH is 1. The van der Waals surface area contributed by atoms with Crippen LogP contribution >= 0.6 is 11.8 Å². The monoisotopic (exact) mass is 272 g/mol. The van der Waals surface area contributed by atoms with Gasteiger partial charge in [-0.25, -0.2) is 0 Å². The summed E-state index contributed by atoms with van der Waals surface area (Å²) < 4.78 is 0. The average Bonchev–Trinajstić information content (AvgIpc) is 2.34. The standard InChI is InChI=1S/C13H24N2O2S/c1-18-8-12(17)15-13(10-6-11(16)7-10)9-2-4-14-5-3-9/h9-11,13-14,16H,2-8H2,1H3,(H,15,17). The van der Waals surface area contributed by atoms with Gasteiger partial charge in [-0.1, -0.05) is 0 Å². The molecule has 1 amide bonds. The van der Waals surface area contributed by atoms with Crippen LogP contribution in [0.3, 0.4) is 0 Å². The van der Waals surface area contributed by atoms with Gasteiger partial charge in [0.05, 0.1) is 11.9 Å². The number of nitrogens with one attached hydrogen (secondary N) is 2. The highest BCUT2D eigenvalue weighted by Gasteiger charge is 2.38. The Morgan fingerprint density at radius 2 is 2.06 bits per heavy atom. The number of aliphatic hydroxyl groups is 1. The molecule has 1 saturated carbocycles. The van der Waals surface area contributed by atoms with Crippen molar-refractivity contribution in [2.24, 2.45) is 11.8 Å². The molecule has 5 heteroatoms. The Balaban J connectivity index is 1.91. The van der Waals surface area contributed by atoms with Gasteiger partial charge in [0, 0.05) is 6.04 Å². The van der Waals surface area contributed by atoms with Crippen molar-refractivity contribution < 1.29 is 9.90 Å². The Morgan fingerprint density at radius 1 is 1.39 bits per heavy atom. The summed E-state index contributed by atoms with van der Waals surface area (Å²) in [4.78, 5) is 11.8. The van der Waals surface area contributed by atoms with Crippen molar-refractivity contribution >= 4 is 17.7 Å². The van der Waals surface area contributed by atoms with Gasteiger partial charge in [-0.05, 0) is 56.9 Å². The minimum atomic E-state index is -0.142. The zero-order chi connectivity index (χ0) is 13.0. The first-order chi connectivity index (χ1) is 8.70. The van der Waals surface area contributed by atoms with E-state index in [0.717, 1.165) is 38.8 Å². The number of carbonyl (C=O) groups is 1. The first-order valence-corrected chi connectivity index (χ1v) is 8.27. The maximum absolute atomic E-state index is 11.8. The zero-order valence-corrected chi connectivity index (χ0v) is 11.8. The molecule has 1 atom stereocenters. The van der Waals surface area contributed by atoms with E-state index in [-0.39, 0.29) is 18.1 Å². The number of hydrogen-bond acceptors (Lipinski definition) is 4. The van der Waals surface area contributed by atoms with Crippen LogP contribution in [0.25, 0.3) is 0 Å². The summed E-state index contributed by atoms with van der Waals surface area (Å²) in [6, 6.07) is 0.273. The lowest BCUT2D eigenvalue weighted by Gasteiger charge is -2.43. The average molecular weight is 272 g/mol. The van der Waals surface area contributed by atoms with Crippen molar-refractivity contribution in [2.45, 2.75) is 37.8 Å². The van der Waals surface area contributed by atoms with Gasteiger partial charge in [0.15, 0.2) is 0 Å². The van der Waals surface area contributed by atoms with E-state index < -0.39 is 0 Å². The molecule has 1 heterocycles. The number of thioether (sulfide) groups is 1. The van der Waals surface area contributed by atoms with Gasteiger partial charge in [0.1, 0.15) is 0 Å². The van der Waals surface area contributed by atoms with Crippen molar-refractivity contribution in [3.8, 4) is 0 Å². The molecule has 0 bridgehead atoms. The van der Waals surface area contributed by atoms with Crippen LogP contribution in [0, 0.1) is 11.8 Å². The third-order valence-corrected chi connectivity index (χ3v) is 4.70. The van der Waals surface area contributed by atoms with Crippen molar-refractivity contribution in [2.75, 3.05) is 25.1 Å². The highest BCUT2D eigenvalue weighted by molar-refractivity contribution is 7.99. The smallest absolute Gasteiger partial charge is 0.230 e. The molecule has 1 aliphatic heterocycles. The van der Waals surface area contributed by atoms with E-state index in [1.807, 2.05) is 6.26 Å². The normalized spacial score (nSPS) is 30.6. The highest BCUT2D eigenvalue weighted by Crippen LogP contribution is 2.35. The zero-order valence-electron chi connectivity index (χ0n) is 11.0. The van der Waals surface area contributed by atoms with Gasteiger partial charge in [0.2, 0.25) is 5.91 Å². The SMILES string of the molecule is CSCC(=O)NC(C1CCNCC1)C1CC(O)C1.